The Morgan fingerprint density at radius 2 is 1.95 bits per heavy atom. The molecule has 0 unspecified atom stereocenters. The van der Waals surface area contributed by atoms with Crippen LogP contribution in [0.3, 0.4) is 0 Å². The Bertz CT molecular complexity index is 605. The normalized spacial score (nSPS) is 10.3. The predicted molar refractivity (Wildman–Crippen MR) is 77.0 cm³/mol. The van der Waals surface area contributed by atoms with E-state index in [4.69, 9.17) is 16.3 Å². The van der Waals surface area contributed by atoms with E-state index in [1.807, 2.05) is 37.3 Å². The third kappa shape index (κ3) is 3.36. The fraction of sp³-hybridized carbons (Fsp3) is 0.188. The van der Waals surface area contributed by atoms with Crippen LogP contribution in [0.4, 0.5) is 0 Å². The van der Waals surface area contributed by atoms with Crippen molar-refractivity contribution in [2.24, 2.45) is 0 Å². The summed E-state index contributed by atoms with van der Waals surface area (Å²) in [6.45, 7) is 3.87. The Labute approximate surface area is 118 Å². The van der Waals surface area contributed by atoms with Crippen molar-refractivity contribution in [2.75, 3.05) is 0 Å². The Morgan fingerprint density at radius 1 is 1.21 bits per heavy atom. The van der Waals surface area contributed by atoms with Crippen LogP contribution in [0.15, 0.2) is 42.5 Å². The molecular formula is C16H15ClO2. The number of para-hydroxylation sites is 1. The van der Waals surface area contributed by atoms with Gasteiger partial charge in [0, 0.05) is 10.6 Å². The number of hydrogen-bond donors (Lipinski definition) is 0. The van der Waals surface area contributed by atoms with Crippen LogP contribution < -0.4 is 4.74 Å². The lowest BCUT2D eigenvalue weighted by atomic mass is 10.1. The van der Waals surface area contributed by atoms with Crippen LogP contribution >= 0.6 is 11.6 Å². The average Bonchev–Trinajstić information content (AvgIpc) is 2.38. The zero-order valence-corrected chi connectivity index (χ0v) is 11.7. The number of aryl methyl sites for hydroxylation is 1. The Kier molecular flexibility index (Phi) is 4.23. The second-order valence-electron chi connectivity index (χ2n) is 4.44. The third-order valence-electron chi connectivity index (χ3n) is 2.86. The maximum Gasteiger partial charge on any atom is 0.163 e. The second kappa shape index (κ2) is 5.89. The van der Waals surface area contributed by atoms with Crippen LogP contribution in [0.1, 0.15) is 28.4 Å². The fourth-order valence-corrected chi connectivity index (χ4v) is 2.10. The number of carbonyl (C=O) groups is 1. The van der Waals surface area contributed by atoms with Crippen molar-refractivity contribution in [2.45, 2.75) is 20.5 Å². The van der Waals surface area contributed by atoms with E-state index in [2.05, 4.69) is 0 Å². The molecule has 0 aromatic heterocycles. The van der Waals surface area contributed by atoms with E-state index < -0.39 is 0 Å². The van der Waals surface area contributed by atoms with Crippen molar-refractivity contribution in [1.29, 1.82) is 0 Å². The van der Waals surface area contributed by atoms with E-state index in [1.165, 1.54) is 6.92 Å². The summed E-state index contributed by atoms with van der Waals surface area (Å²) in [7, 11) is 0. The minimum Gasteiger partial charge on any atom is -0.488 e. The maximum atomic E-state index is 11.5. The predicted octanol–water partition coefficient (Wildman–Crippen LogP) is 4.43. The number of halogens is 1. The largest absolute Gasteiger partial charge is 0.488 e. The number of ether oxygens (including phenoxy) is 1. The van der Waals surface area contributed by atoms with E-state index in [-0.39, 0.29) is 5.78 Å². The molecule has 0 spiro atoms. The maximum absolute atomic E-state index is 11.5. The van der Waals surface area contributed by atoms with E-state index >= 15 is 0 Å². The molecule has 0 aliphatic rings. The third-order valence-corrected chi connectivity index (χ3v) is 3.21. The first-order chi connectivity index (χ1) is 9.08. The summed E-state index contributed by atoms with van der Waals surface area (Å²) in [5, 5.41) is 0.681. The molecule has 0 atom stereocenters. The van der Waals surface area contributed by atoms with Crippen LogP contribution in [0.25, 0.3) is 0 Å². The van der Waals surface area contributed by atoms with Gasteiger partial charge in [0.2, 0.25) is 0 Å². The number of hydrogen-bond acceptors (Lipinski definition) is 2. The minimum atomic E-state index is -0.00870. The molecule has 0 aliphatic carbocycles. The highest BCUT2D eigenvalue weighted by atomic mass is 35.5. The van der Waals surface area contributed by atoms with Crippen LogP contribution in [-0.2, 0) is 6.61 Å². The lowest BCUT2D eigenvalue weighted by molar-refractivity contribution is 0.101. The van der Waals surface area contributed by atoms with Crippen molar-refractivity contribution in [3.63, 3.8) is 0 Å². The highest BCUT2D eigenvalue weighted by Gasteiger charge is 2.08. The van der Waals surface area contributed by atoms with Gasteiger partial charge >= 0.3 is 0 Å². The molecule has 2 aromatic rings. The van der Waals surface area contributed by atoms with Gasteiger partial charge in [0.05, 0.1) is 5.56 Å². The highest BCUT2D eigenvalue weighted by molar-refractivity contribution is 6.31. The van der Waals surface area contributed by atoms with Gasteiger partial charge in [0.15, 0.2) is 5.78 Å². The summed E-state index contributed by atoms with van der Waals surface area (Å²) in [6, 6.07) is 13.0. The van der Waals surface area contributed by atoms with Gasteiger partial charge in [-0.2, -0.15) is 0 Å². The van der Waals surface area contributed by atoms with Gasteiger partial charge in [0.1, 0.15) is 12.4 Å². The first-order valence-electron chi connectivity index (χ1n) is 6.05. The summed E-state index contributed by atoms with van der Waals surface area (Å²) in [4.78, 5) is 11.5. The van der Waals surface area contributed by atoms with Gasteiger partial charge in [-0.25, -0.2) is 0 Å². The van der Waals surface area contributed by atoms with Crippen LogP contribution in [0.2, 0.25) is 5.02 Å². The molecule has 0 heterocycles. The van der Waals surface area contributed by atoms with Crippen molar-refractivity contribution in [3.05, 3.63) is 64.2 Å². The number of Topliss-reactive ketones (excluding diaryl/α,β-unsaturated/α-hetero) is 1. The van der Waals surface area contributed by atoms with E-state index in [0.717, 1.165) is 11.1 Å². The van der Waals surface area contributed by atoms with Gasteiger partial charge in [-0.3, -0.25) is 4.79 Å². The molecule has 0 radical (unpaired) electrons. The Balaban J connectivity index is 2.17. The molecule has 0 amide bonds. The molecule has 19 heavy (non-hydrogen) atoms. The summed E-state index contributed by atoms with van der Waals surface area (Å²) in [5.74, 6) is 0.581. The Morgan fingerprint density at radius 3 is 2.63 bits per heavy atom. The summed E-state index contributed by atoms with van der Waals surface area (Å²) in [6.07, 6.45) is 0. The quantitative estimate of drug-likeness (QED) is 0.771. The molecule has 2 aromatic carbocycles. The van der Waals surface area contributed by atoms with E-state index in [1.54, 1.807) is 12.1 Å². The molecule has 3 heteroatoms. The Hall–Kier alpha value is -1.80. The fourth-order valence-electron chi connectivity index (χ4n) is 1.81. The minimum absolute atomic E-state index is 0.00870. The smallest absolute Gasteiger partial charge is 0.163 e. The molecule has 0 saturated carbocycles. The van der Waals surface area contributed by atoms with Gasteiger partial charge in [-0.1, -0.05) is 35.9 Å². The second-order valence-corrected chi connectivity index (χ2v) is 4.84. The monoisotopic (exact) mass is 274 g/mol. The van der Waals surface area contributed by atoms with Crippen LogP contribution in [0, 0.1) is 6.92 Å². The first-order valence-corrected chi connectivity index (χ1v) is 6.43. The van der Waals surface area contributed by atoms with Gasteiger partial charge < -0.3 is 4.74 Å². The topological polar surface area (TPSA) is 26.3 Å². The van der Waals surface area contributed by atoms with Crippen molar-refractivity contribution in [1.82, 2.24) is 0 Å². The summed E-state index contributed by atoms with van der Waals surface area (Å²) in [5.41, 5.74) is 2.61. The van der Waals surface area contributed by atoms with Crippen molar-refractivity contribution >= 4 is 17.4 Å². The van der Waals surface area contributed by atoms with Crippen LogP contribution in [-0.4, -0.2) is 5.78 Å². The van der Waals surface area contributed by atoms with Gasteiger partial charge in [-0.05, 0) is 37.6 Å². The summed E-state index contributed by atoms with van der Waals surface area (Å²) >= 11 is 6.15. The highest BCUT2D eigenvalue weighted by Crippen LogP contribution is 2.23. The number of ketones is 1. The molecule has 2 rings (SSSR count). The molecule has 0 aliphatic heterocycles. The summed E-state index contributed by atoms with van der Waals surface area (Å²) < 4.78 is 5.70. The van der Waals surface area contributed by atoms with Crippen molar-refractivity contribution < 1.29 is 9.53 Å². The SMILES string of the molecule is CC(=O)c1ccccc1OCc1ccc(C)cc1Cl. The van der Waals surface area contributed by atoms with E-state index in [0.29, 0.717) is 22.9 Å². The molecule has 0 fully saturated rings. The molecule has 0 saturated heterocycles. The zero-order valence-electron chi connectivity index (χ0n) is 10.9. The van der Waals surface area contributed by atoms with Crippen LogP contribution in [0.5, 0.6) is 5.75 Å². The van der Waals surface area contributed by atoms with Crippen molar-refractivity contribution in [3.8, 4) is 5.75 Å². The van der Waals surface area contributed by atoms with Gasteiger partial charge in [0.25, 0.3) is 0 Å². The molecular weight excluding hydrogens is 260 g/mol. The number of benzene rings is 2. The van der Waals surface area contributed by atoms with E-state index in [9.17, 15) is 4.79 Å². The number of rotatable bonds is 4. The zero-order chi connectivity index (χ0) is 13.8. The lowest BCUT2D eigenvalue weighted by Crippen LogP contribution is -2.02. The first kappa shape index (κ1) is 13.6. The van der Waals surface area contributed by atoms with Gasteiger partial charge in [-0.15, -0.1) is 0 Å². The number of carbonyl (C=O) groups excluding carboxylic acids is 1. The molecule has 98 valence electrons. The molecule has 0 N–H and O–H groups in total. The standard InChI is InChI=1S/C16H15ClO2/c1-11-7-8-13(15(17)9-11)10-19-16-6-4-3-5-14(16)12(2)18/h3-9H,10H2,1-2H3. The molecule has 2 nitrogen and oxygen atoms in total. The molecule has 0 bridgehead atoms. The average molecular weight is 275 g/mol. The lowest BCUT2D eigenvalue weighted by Gasteiger charge is -2.11.